The average molecular weight is 416 g/mol. The largest absolute Gasteiger partial charge is 0.490 e. The van der Waals surface area contributed by atoms with Gasteiger partial charge in [-0.15, -0.1) is 11.8 Å². The Bertz CT molecular complexity index is 906. The Kier molecular flexibility index (Phi) is 5.89. The van der Waals surface area contributed by atoms with Gasteiger partial charge in [0.05, 0.1) is 18.5 Å². The van der Waals surface area contributed by atoms with E-state index in [1.165, 1.54) is 23.9 Å². The van der Waals surface area contributed by atoms with Crippen LogP contribution in [0.3, 0.4) is 0 Å². The molecule has 2 aromatic rings. The van der Waals surface area contributed by atoms with Crippen LogP contribution in [0.5, 0.6) is 11.5 Å². The van der Waals surface area contributed by atoms with Crippen molar-refractivity contribution in [1.82, 2.24) is 5.32 Å². The summed E-state index contributed by atoms with van der Waals surface area (Å²) in [4.78, 5) is 25.0. The number of carbonyl (C=O) groups is 2. The van der Waals surface area contributed by atoms with Crippen molar-refractivity contribution in [3.63, 3.8) is 0 Å². The molecule has 1 fully saturated rings. The van der Waals surface area contributed by atoms with E-state index < -0.39 is 6.04 Å². The molecule has 2 aliphatic heterocycles. The molecule has 0 aliphatic carbocycles. The number of carbonyl (C=O) groups excluding carboxylic acids is 2. The monoisotopic (exact) mass is 416 g/mol. The van der Waals surface area contributed by atoms with Gasteiger partial charge in [-0.2, -0.15) is 0 Å². The van der Waals surface area contributed by atoms with Crippen LogP contribution in [-0.4, -0.2) is 42.1 Å². The summed E-state index contributed by atoms with van der Waals surface area (Å²) in [5.41, 5.74) is 1.47. The summed E-state index contributed by atoms with van der Waals surface area (Å²) >= 11 is 1.43. The first-order valence-corrected chi connectivity index (χ1v) is 10.5. The Morgan fingerprint density at radius 3 is 2.66 bits per heavy atom. The van der Waals surface area contributed by atoms with Crippen molar-refractivity contribution in [1.29, 1.82) is 0 Å². The van der Waals surface area contributed by atoms with Crippen molar-refractivity contribution < 1.29 is 23.5 Å². The third-order valence-electron chi connectivity index (χ3n) is 4.74. The number of anilines is 1. The number of thioether (sulfide) groups is 1. The van der Waals surface area contributed by atoms with Crippen LogP contribution in [0.2, 0.25) is 0 Å². The van der Waals surface area contributed by atoms with Gasteiger partial charge in [-0.25, -0.2) is 4.39 Å². The third kappa shape index (κ3) is 4.82. The maximum Gasteiger partial charge on any atom is 0.247 e. The number of halogens is 1. The lowest BCUT2D eigenvalue weighted by atomic mass is 10.1. The summed E-state index contributed by atoms with van der Waals surface area (Å²) < 4.78 is 24.3. The molecule has 1 saturated heterocycles. The van der Waals surface area contributed by atoms with Gasteiger partial charge in [-0.3, -0.25) is 9.59 Å². The molecule has 4 rings (SSSR count). The van der Waals surface area contributed by atoms with E-state index in [1.54, 1.807) is 30.3 Å². The predicted molar refractivity (Wildman–Crippen MR) is 109 cm³/mol. The predicted octanol–water partition coefficient (Wildman–Crippen LogP) is 2.77. The molecule has 0 unspecified atom stereocenters. The fourth-order valence-corrected chi connectivity index (χ4v) is 4.38. The fraction of sp³-hybridized carbons (Fsp3) is 0.333. The molecule has 0 bridgehead atoms. The van der Waals surface area contributed by atoms with Gasteiger partial charge in [0, 0.05) is 23.9 Å². The zero-order chi connectivity index (χ0) is 20.2. The Morgan fingerprint density at radius 1 is 1.14 bits per heavy atom. The fourth-order valence-electron chi connectivity index (χ4n) is 3.19. The lowest BCUT2D eigenvalue weighted by Gasteiger charge is -2.28. The second kappa shape index (κ2) is 8.73. The molecule has 2 heterocycles. The number of nitrogens with one attached hydrogen (secondary N) is 2. The third-order valence-corrected chi connectivity index (χ3v) is 6.05. The van der Waals surface area contributed by atoms with Gasteiger partial charge in [0.2, 0.25) is 11.8 Å². The van der Waals surface area contributed by atoms with Crippen molar-refractivity contribution in [3.8, 4) is 11.5 Å². The van der Waals surface area contributed by atoms with E-state index in [1.807, 2.05) is 0 Å². The van der Waals surface area contributed by atoms with E-state index >= 15 is 0 Å². The minimum Gasteiger partial charge on any atom is -0.490 e. The topological polar surface area (TPSA) is 76.7 Å². The van der Waals surface area contributed by atoms with E-state index in [9.17, 15) is 14.0 Å². The number of rotatable bonds is 4. The smallest absolute Gasteiger partial charge is 0.247 e. The quantitative estimate of drug-likeness (QED) is 0.802. The Morgan fingerprint density at radius 2 is 1.90 bits per heavy atom. The SMILES string of the molecule is O=C(Nc1ccc2c(c1)OCCCO2)[C@@H]1CS[C@H](Cc2ccc(F)cc2)C(=O)N1. The van der Waals surface area contributed by atoms with Crippen LogP contribution >= 0.6 is 11.8 Å². The van der Waals surface area contributed by atoms with Crippen LogP contribution < -0.4 is 20.1 Å². The molecule has 0 radical (unpaired) electrons. The van der Waals surface area contributed by atoms with Crippen molar-refractivity contribution >= 4 is 29.3 Å². The van der Waals surface area contributed by atoms with Gasteiger partial charge in [-0.05, 0) is 36.2 Å². The van der Waals surface area contributed by atoms with Crippen molar-refractivity contribution in [3.05, 3.63) is 53.8 Å². The van der Waals surface area contributed by atoms with Gasteiger partial charge in [0.1, 0.15) is 11.9 Å². The van der Waals surface area contributed by atoms with E-state index in [2.05, 4.69) is 10.6 Å². The molecular formula is C21H21FN2O4S. The molecule has 2 amide bonds. The van der Waals surface area contributed by atoms with Crippen molar-refractivity contribution in [2.24, 2.45) is 0 Å². The van der Waals surface area contributed by atoms with Gasteiger partial charge < -0.3 is 20.1 Å². The minimum absolute atomic E-state index is 0.190. The van der Waals surface area contributed by atoms with Crippen LogP contribution in [0, 0.1) is 5.82 Å². The molecule has 2 aromatic carbocycles. The van der Waals surface area contributed by atoms with Crippen LogP contribution in [0.25, 0.3) is 0 Å². The molecule has 6 nitrogen and oxygen atoms in total. The van der Waals surface area contributed by atoms with Gasteiger partial charge >= 0.3 is 0 Å². The molecular weight excluding hydrogens is 395 g/mol. The molecule has 2 aliphatic rings. The van der Waals surface area contributed by atoms with Crippen LogP contribution in [-0.2, 0) is 16.0 Å². The number of ether oxygens (including phenoxy) is 2. The lowest BCUT2D eigenvalue weighted by molar-refractivity contribution is -0.126. The summed E-state index contributed by atoms with van der Waals surface area (Å²) in [5.74, 6) is 0.951. The number of benzene rings is 2. The Labute approximate surface area is 172 Å². The zero-order valence-electron chi connectivity index (χ0n) is 15.7. The van der Waals surface area contributed by atoms with Gasteiger partial charge in [0.15, 0.2) is 11.5 Å². The maximum atomic E-state index is 13.0. The first kappa shape index (κ1) is 19.6. The highest BCUT2D eigenvalue weighted by atomic mass is 32.2. The Balaban J connectivity index is 1.34. The molecule has 2 atom stereocenters. The summed E-state index contributed by atoms with van der Waals surface area (Å²) in [5, 5.41) is 5.31. The van der Waals surface area contributed by atoms with Gasteiger partial charge in [0.25, 0.3) is 0 Å². The molecule has 8 heteroatoms. The Hall–Kier alpha value is -2.74. The first-order chi connectivity index (χ1) is 14.1. The normalized spacial score (nSPS) is 21.1. The average Bonchev–Trinajstić information content (AvgIpc) is 2.96. The summed E-state index contributed by atoms with van der Waals surface area (Å²) in [6.45, 7) is 1.16. The molecule has 152 valence electrons. The second-order valence-electron chi connectivity index (χ2n) is 6.91. The van der Waals surface area contributed by atoms with E-state index in [0.717, 1.165) is 12.0 Å². The van der Waals surface area contributed by atoms with E-state index in [-0.39, 0.29) is 22.9 Å². The summed E-state index contributed by atoms with van der Waals surface area (Å²) in [6.07, 6.45) is 1.30. The molecule has 29 heavy (non-hydrogen) atoms. The standard InChI is InChI=1S/C21H21FN2O4S/c22-14-4-2-13(3-5-14)10-19-21(26)24-16(12-29-19)20(25)23-15-6-7-17-18(11-15)28-9-1-8-27-17/h2-7,11,16,19H,1,8-10,12H2,(H,23,25)(H,24,26)/t16-,19+/m0/s1. The van der Waals surface area contributed by atoms with E-state index in [0.29, 0.717) is 42.6 Å². The second-order valence-corrected chi connectivity index (χ2v) is 8.15. The first-order valence-electron chi connectivity index (χ1n) is 9.45. The number of hydrogen-bond donors (Lipinski definition) is 2. The molecule has 0 aromatic heterocycles. The molecule has 0 saturated carbocycles. The highest BCUT2D eigenvalue weighted by Gasteiger charge is 2.32. The highest BCUT2D eigenvalue weighted by molar-refractivity contribution is 8.00. The molecule has 2 N–H and O–H groups in total. The van der Waals surface area contributed by atoms with Crippen molar-refractivity contribution in [2.45, 2.75) is 24.1 Å². The van der Waals surface area contributed by atoms with Gasteiger partial charge in [-0.1, -0.05) is 12.1 Å². The zero-order valence-corrected chi connectivity index (χ0v) is 16.5. The highest BCUT2D eigenvalue weighted by Crippen LogP contribution is 2.32. The minimum atomic E-state index is -0.618. The van der Waals surface area contributed by atoms with Crippen LogP contribution in [0.15, 0.2) is 42.5 Å². The maximum absolute atomic E-state index is 13.0. The number of hydrogen-bond acceptors (Lipinski definition) is 5. The van der Waals surface area contributed by atoms with Crippen LogP contribution in [0.4, 0.5) is 10.1 Å². The van der Waals surface area contributed by atoms with E-state index in [4.69, 9.17) is 9.47 Å². The number of amides is 2. The lowest BCUT2D eigenvalue weighted by Crippen LogP contribution is -2.52. The van der Waals surface area contributed by atoms with Crippen LogP contribution in [0.1, 0.15) is 12.0 Å². The number of fused-ring (bicyclic) bond motifs is 1. The summed E-state index contributed by atoms with van der Waals surface area (Å²) in [7, 11) is 0. The molecule has 0 spiro atoms. The van der Waals surface area contributed by atoms with Crippen molar-refractivity contribution in [2.75, 3.05) is 24.3 Å². The summed E-state index contributed by atoms with van der Waals surface area (Å²) in [6, 6.07) is 10.7.